The molecule has 2 N–H and O–H groups in total. The first-order chi connectivity index (χ1) is 14.7. The van der Waals surface area contributed by atoms with Gasteiger partial charge in [0.25, 0.3) is 5.56 Å². The zero-order valence-corrected chi connectivity index (χ0v) is 18.0. The van der Waals surface area contributed by atoms with Crippen molar-refractivity contribution in [2.24, 2.45) is 0 Å². The zero-order chi connectivity index (χ0) is 21.0. The largest absolute Gasteiger partial charge is 0.329 e. The Morgan fingerprint density at radius 2 is 1.63 bits per heavy atom. The predicted molar refractivity (Wildman–Crippen MR) is 123 cm³/mol. The SMILES string of the molecule is O=c1cc(Cc2cnc(SCCCCCCCCc3ccccc3)[nH]c2=O)cc[nH]1. The van der Waals surface area contributed by atoms with E-state index in [9.17, 15) is 9.59 Å². The molecule has 0 fully saturated rings. The average Bonchev–Trinajstić information content (AvgIpc) is 2.75. The second-order valence-corrected chi connectivity index (χ2v) is 8.57. The number of aromatic amines is 2. The number of H-pyrrole nitrogens is 2. The standard InChI is InChI=1S/C24H29N3O2S/c28-22-17-20(13-14-25-22)16-21-18-26-24(27-23(21)29)30-15-9-4-2-1-3-6-10-19-11-7-5-8-12-19/h5,7-8,11-14,17-18H,1-4,6,9-10,15-16H2,(H,25,28)(H,26,27,29). The van der Waals surface area contributed by atoms with Gasteiger partial charge in [0.1, 0.15) is 0 Å². The summed E-state index contributed by atoms with van der Waals surface area (Å²) < 4.78 is 0. The molecule has 0 aliphatic carbocycles. The summed E-state index contributed by atoms with van der Waals surface area (Å²) in [6.45, 7) is 0. The van der Waals surface area contributed by atoms with Crippen LogP contribution in [0.2, 0.25) is 0 Å². The first-order valence-electron chi connectivity index (χ1n) is 10.6. The van der Waals surface area contributed by atoms with E-state index in [0.29, 0.717) is 17.1 Å². The van der Waals surface area contributed by atoms with Crippen molar-refractivity contribution in [3.05, 3.63) is 92.3 Å². The second kappa shape index (κ2) is 12.2. The first kappa shape index (κ1) is 22.1. The molecule has 0 unspecified atom stereocenters. The fraction of sp³-hybridized carbons (Fsp3) is 0.375. The topological polar surface area (TPSA) is 78.6 Å². The Hall–Kier alpha value is -2.60. The van der Waals surface area contributed by atoms with E-state index in [4.69, 9.17) is 0 Å². The molecule has 0 atom stereocenters. The molecular weight excluding hydrogens is 394 g/mol. The van der Waals surface area contributed by atoms with Crippen LogP contribution in [0.1, 0.15) is 55.2 Å². The number of hydrogen-bond acceptors (Lipinski definition) is 4. The van der Waals surface area contributed by atoms with Crippen molar-refractivity contribution in [2.75, 3.05) is 5.75 Å². The second-order valence-electron chi connectivity index (χ2n) is 7.49. The Balaban J connectivity index is 1.29. The summed E-state index contributed by atoms with van der Waals surface area (Å²) in [5.41, 5.74) is 2.50. The normalized spacial score (nSPS) is 10.9. The van der Waals surface area contributed by atoms with Gasteiger partial charge in [0.05, 0.1) is 0 Å². The molecule has 3 aromatic rings. The highest BCUT2D eigenvalue weighted by Crippen LogP contribution is 2.16. The Labute approximate surface area is 181 Å². The van der Waals surface area contributed by atoms with Crippen molar-refractivity contribution in [1.82, 2.24) is 15.0 Å². The molecule has 3 rings (SSSR count). The van der Waals surface area contributed by atoms with E-state index >= 15 is 0 Å². The monoisotopic (exact) mass is 423 g/mol. The summed E-state index contributed by atoms with van der Waals surface area (Å²) in [5, 5.41) is 0.664. The minimum atomic E-state index is -0.166. The number of thioether (sulfide) groups is 1. The smallest absolute Gasteiger partial charge is 0.255 e. The Morgan fingerprint density at radius 1 is 0.867 bits per heavy atom. The van der Waals surface area contributed by atoms with Gasteiger partial charge in [-0.2, -0.15) is 0 Å². The maximum absolute atomic E-state index is 12.3. The molecule has 2 aromatic heterocycles. The van der Waals surface area contributed by atoms with Gasteiger partial charge in [0, 0.05) is 36.2 Å². The summed E-state index contributed by atoms with van der Waals surface area (Å²) in [6.07, 6.45) is 12.2. The maximum Gasteiger partial charge on any atom is 0.255 e. The summed E-state index contributed by atoms with van der Waals surface area (Å²) in [5.74, 6) is 0.959. The molecule has 0 amide bonds. The van der Waals surface area contributed by atoms with Crippen LogP contribution in [-0.2, 0) is 12.8 Å². The summed E-state index contributed by atoms with van der Waals surface area (Å²) >= 11 is 1.60. The fourth-order valence-electron chi connectivity index (χ4n) is 3.37. The van der Waals surface area contributed by atoms with Crippen LogP contribution in [0.3, 0.4) is 0 Å². The van der Waals surface area contributed by atoms with Crippen molar-refractivity contribution in [2.45, 2.75) is 56.5 Å². The van der Waals surface area contributed by atoms with E-state index in [2.05, 4.69) is 45.3 Å². The lowest BCUT2D eigenvalue weighted by molar-refractivity contribution is 0.609. The number of nitrogens with one attached hydrogen (secondary N) is 2. The van der Waals surface area contributed by atoms with Crippen LogP contribution in [0.25, 0.3) is 0 Å². The summed E-state index contributed by atoms with van der Waals surface area (Å²) in [4.78, 5) is 33.4. The third-order valence-corrected chi connectivity index (χ3v) is 6.00. The van der Waals surface area contributed by atoms with E-state index in [1.165, 1.54) is 50.2 Å². The molecule has 0 saturated heterocycles. The van der Waals surface area contributed by atoms with E-state index in [1.807, 2.05) is 0 Å². The van der Waals surface area contributed by atoms with Gasteiger partial charge < -0.3 is 9.97 Å². The summed E-state index contributed by atoms with van der Waals surface area (Å²) in [7, 11) is 0. The molecule has 5 nitrogen and oxygen atoms in total. The van der Waals surface area contributed by atoms with E-state index in [0.717, 1.165) is 17.7 Å². The van der Waals surface area contributed by atoms with Gasteiger partial charge in [-0.05, 0) is 36.5 Å². The minimum Gasteiger partial charge on any atom is -0.329 e. The predicted octanol–water partition coefficient (Wildman–Crippen LogP) is 4.72. The average molecular weight is 424 g/mol. The molecule has 158 valence electrons. The lowest BCUT2D eigenvalue weighted by atomic mass is 10.1. The van der Waals surface area contributed by atoms with Gasteiger partial charge in [0.2, 0.25) is 5.56 Å². The zero-order valence-electron chi connectivity index (χ0n) is 17.2. The number of hydrogen-bond donors (Lipinski definition) is 2. The van der Waals surface area contributed by atoms with Gasteiger partial charge in [-0.3, -0.25) is 9.59 Å². The van der Waals surface area contributed by atoms with Crippen molar-refractivity contribution in [1.29, 1.82) is 0 Å². The molecule has 2 heterocycles. The van der Waals surface area contributed by atoms with Crippen LogP contribution in [0, 0.1) is 0 Å². The van der Waals surface area contributed by atoms with Gasteiger partial charge in [-0.1, -0.05) is 67.8 Å². The van der Waals surface area contributed by atoms with Crippen molar-refractivity contribution in [3.63, 3.8) is 0 Å². The highest BCUT2D eigenvalue weighted by Gasteiger charge is 2.05. The van der Waals surface area contributed by atoms with Crippen LogP contribution < -0.4 is 11.1 Å². The van der Waals surface area contributed by atoms with Crippen molar-refractivity contribution < 1.29 is 0 Å². The van der Waals surface area contributed by atoms with Gasteiger partial charge in [-0.15, -0.1) is 0 Å². The Morgan fingerprint density at radius 3 is 2.40 bits per heavy atom. The Bertz CT molecular complexity index is 1010. The molecular formula is C24H29N3O2S. The lowest BCUT2D eigenvalue weighted by Crippen LogP contribution is -2.15. The molecule has 0 saturated carbocycles. The van der Waals surface area contributed by atoms with Crippen LogP contribution in [0.15, 0.2) is 69.6 Å². The van der Waals surface area contributed by atoms with Gasteiger partial charge in [0.15, 0.2) is 5.16 Å². The third-order valence-electron chi connectivity index (χ3n) is 5.03. The number of pyridine rings is 1. The number of benzene rings is 1. The number of unbranched alkanes of at least 4 members (excludes halogenated alkanes) is 5. The van der Waals surface area contributed by atoms with Crippen molar-refractivity contribution >= 4 is 11.8 Å². The molecule has 0 aliphatic heterocycles. The van der Waals surface area contributed by atoms with Crippen LogP contribution in [0.5, 0.6) is 0 Å². The molecule has 1 aromatic carbocycles. The molecule has 0 spiro atoms. The fourth-order valence-corrected chi connectivity index (χ4v) is 4.21. The van der Waals surface area contributed by atoms with Crippen LogP contribution in [-0.4, -0.2) is 20.7 Å². The van der Waals surface area contributed by atoms with E-state index in [1.54, 1.807) is 30.2 Å². The number of nitrogens with zero attached hydrogens (tertiary/aromatic N) is 1. The number of aryl methyl sites for hydroxylation is 1. The van der Waals surface area contributed by atoms with Crippen LogP contribution in [0.4, 0.5) is 0 Å². The highest BCUT2D eigenvalue weighted by molar-refractivity contribution is 7.99. The molecule has 0 bridgehead atoms. The maximum atomic E-state index is 12.3. The van der Waals surface area contributed by atoms with Gasteiger partial charge >= 0.3 is 0 Å². The van der Waals surface area contributed by atoms with Crippen molar-refractivity contribution in [3.8, 4) is 0 Å². The quantitative estimate of drug-likeness (QED) is 0.251. The Kier molecular flexibility index (Phi) is 8.97. The van der Waals surface area contributed by atoms with Crippen LogP contribution >= 0.6 is 11.8 Å². The number of aromatic nitrogens is 3. The first-order valence-corrected chi connectivity index (χ1v) is 11.6. The van der Waals surface area contributed by atoms with Gasteiger partial charge in [-0.25, -0.2) is 4.98 Å². The lowest BCUT2D eigenvalue weighted by Gasteiger charge is -2.04. The third kappa shape index (κ3) is 7.67. The summed E-state index contributed by atoms with van der Waals surface area (Å²) in [6, 6.07) is 14.0. The number of rotatable bonds is 12. The molecule has 30 heavy (non-hydrogen) atoms. The highest BCUT2D eigenvalue weighted by atomic mass is 32.2. The molecule has 0 radical (unpaired) electrons. The minimum absolute atomic E-state index is 0.133. The van der Waals surface area contributed by atoms with E-state index < -0.39 is 0 Å². The molecule has 6 heteroatoms. The van der Waals surface area contributed by atoms with E-state index in [-0.39, 0.29) is 11.1 Å². The molecule has 0 aliphatic rings.